The van der Waals surface area contributed by atoms with Gasteiger partial charge in [-0.2, -0.15) is 5.10 Å². The zero-order chi connectivity index (χ0) is 10.8. The maximum Gasteiger partial charge on any atom is 0.309 e. The Morgan fingerprint density at radius 1 is 1.60 bits per heavy atom. The van der Waals surface area contributed by atoms with Crippen LogP contribution in [0.2, 0.25) is 0 Å². The number of hydrogen-bond donors (Lipinski definition) is 2. The minimum atomic E-state index is -0.897. The van der Waals surface area contributed by atoms with Crippen molar-refractivity contribution in [1.82, 2.24) is 10.2 Å². The van der Waals surface area contributed by atoms with Crippen LogP contribution in [0.25, 0.3) is 10.9 Å². The van der Waals surface area contributed by atoms with Crippen LogP contribution in [-0.2, 0) is 11.2 Å². The molecule has 0 aliphatic heterocycles. The summed E-state index contributed by atoms with van der Waals surface area (Å²) in [4.78, 5) is 10.6. The van der Waals surface area contributed by atoms with Crippen molar-refractivity contribution in [3.63, 3.8) is 0 Å². The normalized spacial score (nSPS) is 10.5. The molecule has 0 saturated carbocycles. The van der Waals surface area contributed by atoms with Crippen LogP contribution < -0.4 is 4.74 Å². The summed E-state index contributed by atoms with van der Waals surface area (Å²) < 4.78 is 5.06. The van der Waals surface area contributed by atoms with Gasteiger partial charge in [0.05, 0.1) is 24.7 Å². The number of aromatic nitrogens is 2. The number of aromatic amines is 1. The second-order valence-corrected chi connectivity index (χ2v) is 3.15. The van der Waals surface area contributed by atoms with Crippen molar-refractivity contribution in [2.45, 2.75) is 6.42 Å². The summed E-state index contributed by atoms with van der Waals surface area (Å²) >= 11 is 0. The predicted molar refractivity (Wildman–Crippen MR) is 54.0 cm³/mol. The van der Waals surface area contributed by atoms with Gasteiger partial charge < -0.3 is 9.84 Å². The van der Waals surface area contributed by atoms with Crippen molar-refractivity contribution in [1.29, 1.82) is 0 Å². The Morgan fingerprint density at radius 3 is 3.07 bits per heavy atom. The fraction of sp³-hybridized carbons (Fsp3) is 0.200. The Balaban J connectivity index is 2.51. The van der Waals surface area contributed by atoms with Gasteiger partial charge in [0.1, 0.15) is 5.75 Å². The SMILES string of the molecule is COc1ccc2[nH]nc(CC(=O)O)c2c1. The molecule has 15 heavy (non-hydrogen) atoms. The summed E-state index contributed by atoms with van der Waals surface area (Å²) in [5, 5.41) is 16.2. The predicted octanol–water partition coefficient (Wildman–Crippen LogP) is 1.20. The largest absolute Gasteiger partial charge is 0.497 e. The molecule has 0 unspecified atom stereocenters. The van der Waals surface area contributed by atoms with E-state index in [9.17, 15) is 4.79 Å². The van der Waals surface area contributed by atoms with E-state index in [0.717, 1.165) is 10.9 Å². The lowest BCUT2D eigenvalue weighted by Gasteiger charge is -1.98. The summed E-state index contributed by atoms with van der Waals surface area (Å²) in [6.07, 6.45) is -0.0901. The Kier molecular flexibility index (Phi) is 2.29. The van der Waals surface area contributed by atoms with Crippen molar-refractivity contribution < 1.29 is 14.6 Å². The van der Waals surface area contributed by atoms with Gasteiger partial charge in [-0.25, -0.2) is 0 Å². The summed E-state index contributed by atoms with van der Waals surface area (Å²) in [6, 6.07) is 5.38. The summed E-state index contributed by atoms with van der Waals surface area (Å²) in [5.41, 5.74) is 1.34. The molecule has 2 rings (SSSR count). The quantitative estimate of drug-likeness (QED) is 0.791. The number of H-pyrrole nitrogens is 1. The van der Waals surface area contributed by atoms with Crippen molar-refractivity contribution in [3.05, 3.63) is 23.9 Å². The van der Waals surface area contributed by atoms with Gasteiger partial charge in [0.2, 0.25) is 0 Å². The van der Waals surface area contributed by atoms with E-state index < -0.39 is 5.97 Å². The lowest BCUT2D eigenvalue weighted by atomic mass is 10.1. The van der Waals surface area contributed by atoms with Crippen molar-refractivity contribution in [3.8, 4) is 5.75 Å². The number of aliphatic carboxylic acids is 1. The van der Waals surface area contributed by atoms with E-state index in [4.69, 9.17) is 9.84 Å². The Bertz CT molecular complexity index is 504. The van der Waals surface area contributed by atoms with Gasteiger partial charge in [-0.1, -0.05) is 0 Å². The zero-order valence-corrected chi connectivity index (χ0v) is 8.15. The Hall–Kier alpha value is -2.04. The van der Waals surface area contributed by atoms with Crippen LogP contribution in [0.1, 0.15) is 5.69 Å². The van der Waals surface area contributed by atoms with Crippen molar-refractivity contribution in [2.75, 3.05) is 7.11 Å². The third-order valence-corrected chi connectivity index (χ3v) is 2.17. The number of ether oxygens (including phenoxy) is 1. The van der Waals surface area contributed by atoms with Gasteiger partial charge in [-0.05, 0) is 18.2 Å². The van der Waals surface area contributed by atoms with E-state index >= 15 is 0 Å². The highest BCUT2D eigenvalue weighted by Gasteiger charge is 2.09. The van der Waals surface area contributed by atoms with E-state index in [1.807, 2.05) is 6.07 Å². The minimum Gasteiger partial charge on any atom is -0.497 e. The van der Waals surface area contributed by atoms with E-state index in [1.54, 1.807) is 19.2 Å². The topological polar surface area (TPSA) is 75.2 Å². The first-order chi connectivity index (χ1) is 7.20. The first-order valence-electron chi connectivity index (χ1n) is 4.43. The maximum atomic E-state index is 10.6. The number of carboxylic acids is 1. The Labute approximate surface area is 85.7 Å². The van der Waals surface area contributed by atoms with E-state index in [2.05, 4.69) is 10.2 Å². The number of rotatable bonds is 3. The molecule has 0 amide bonds. The first-order valence-corrected chi connectivity index (χ1v) is 4.43. The lowest BCUT2D eigenvalue weighted by molar-refractivity contribution is -0.136. The van der Waals surface area contributed by atoms with Crippen molar-refractivity contribution in [2.24, 2.45) is 0 Å². The smallest absolute Gasteiger partial charge is 0.309 e. The number of benzene rings is 1. The molecular formula is C10H10N2O3. The maximum absolute atomic E-state index is 10.6. The number of carboxylic acid groups (broad SMARTS) is 1. The van der Waals surface area contributed by atoms with Gasteiger partial charge in [0.25, 0.3) is 0 Å². The number of hydrogen-bond acceptors (Lipinski definition) is 3. The van der Waals surface area contributed by atoms with Crippen LogP contribution in [0.4, 0.5) is 0 Å². The molecule has 0 aliphatic rings. The fourth-order valence-corrected chi connectivity index (χ4v) is 1.45. The molecule has 5 nitrogen and oxygen atoms in total. The monoisotopic (exact) mass is 206 g/mol. The summed E-state index contributed by atoms with van der Waals surface area (Å²) in [5.74, 6) is -0.207. The third kappa shape index (κ3) is 1.76. The molecule has 0 fully saturated rings. The molecular weight excluding hydrogens is 196 g/mol. The van der Waals surface area contributed by atoms with Crippen LogP contribution in [-0.4, -0.2) is 28.4 Å². The molecule has 0 aliphatic carbocycles. The number of methoxy groups -OCH3 is 1. The number of nitrogens with zero attached hydrogens (tertiary/aromatic N) is 1. The van der Waals surface area contributed by atoms with Crippen LogP contribution >= 0.6 is 0 Å². The molecule has 0 saturated heterocycles. The van der Waals surface area contributed by atoms with Gasteiger partial charge in [-0.3, -0.25) is 9.89 Å². The van der Waals surface area contributed by atoms with E-state index in [1.165, 1.54) is 0 Å². The van der Waals surface area contributed by atoms with E-state index in [0.29, 0.717) is 11.4 Å². The van der Waals surface area contributed by atoms with Gasteiger partial charge >= 0.3 is 5.97 Å². The molecule has 2 aromatic rings. The lowest BCUT2D eigenvalue weighted by Crippen LogP contribution is -2.00. The van der Waals surface area contributed by atoms with Crippen LogP contribution in [0.5, 0.6) is 5.75 Å². The van der Waals surface area contributed by atoms with Gasteiger partial charge in [0.15, 0.2) is 0 Å². The molecule has 78 valence electrons. The average molecular weight is 206 g/mol. The third-order valence-electron chi connectivity index (χ3n) is 2.17. The van der Waals surface area contributed by atoms with Crippen molar-refractivity contribution >= 4 is 16.9 Å². The highest BCUT2D eigenvalue weighted by molar-refractivity contribution is 5.86. The number of carbonyl (C=O) groups is 1. The van der Waals surface area contributed by atoms with Crippen LogP contribution in [0.3, 0.4) is 0 Å². The molecule has 2 N–H and O–H groups in total. The fourth-order valence-electron chi connectivity index (χ4n) is 1.45. The summed E-state index contributed by atoms with van der Waals surface area (Å²) in [7, 11) is 1.57. The highest BCUT2D eigenvalue weighted by atomic mass is 16.5. The molecule has 0 spiro atoms. The van der Waals surface area contributed by atoms with Gasteiger partial charge in [0, 0.05) is 5.39 Å². The molecule has 1 heterocycles. The van der Waals surface area contributed by atoms with E-state index in [-0.39, 0.29) is 6.42 Å². The molecule has 0 bridgehead atoms. The second-order valence-electron chi connectivity index (χ2n) is 3.15. The number of fused-ring (bicyclic) bond motifs is 1. The standard InChI is InChI=1S/C10H10N2O3/c1-15-6-2-3-8-7(4-6)9(12-11-8)5-10(13)14/h2-4H,5H2,1H3,(H,11,12)(H,13,14). The first kappa shape index (κ1) is 9.51. The zero-order valence-electron chi connectivity index (χ0n) is 8.15. The number of nitrogens with one attached hydrogen (secondary N) is 1. The molecule has 0 radical (unpaired) electrons. The van der Waals surface area contributed by atoms with Gasteiger partial charge in [-0.15, -0.1) is 0 Å². The molecule has 1 aromatic carbocycles. The van der Waals surface area contributed by atoms with Crippen LogP contribution in [0, 0.1) is 0 Å². The second kappa shape index (κ2) is 3.61. The average Bonchev–Trinajstić information content (AvgIpc) is 2.60. The Morgan fingerprint density at radius 2 is 2.40 bits per heavy atom. The molecule has 1 aromatic heterocycles. The highest BCUT2D eigenvalue weighted by Crippen LogP contribution is 2.22. The molecule has 5 heteroatoms. The minimum absolute atomic E-state index is 0.0901. The van der Waals surface area contributed by atoms with Crippen LogP contribution in [0.15, 0.2) is 18.2 Å². The molecule has 0 atom stereocenters. The summed E-state index contributed by atoms with van der Waals surface area (Å²) in [6.45, 7) is 0.